The number of hydrogen-bond donors (Lipinski definition) is 2. The van der Waals surface area contributed by atoms with E-state index in [0.717, 1.165) is 18.9 Å². The maximum Gasteiger partial charge on any atom is 0.263 e. The van der Waals surface area contributed by atoms with Gasteiger partial charge in [-0.25, -0.2) is 12.8 Å². The van der Waals surface area contributed by atoms with Gasteiger partial charge in [-0.05, 0) is 31.5 Å². The monoisotopic (exact) mass is 327 g/mol. The number of rotatable bonds is 7. The van der Waals surface area contributed by atoms with E-state index in [0.29, 0.717) is 12.3 Å². The molecule has 0 unspecified atom stereocenters. The van der Waals surface area contributed by atoms with Gasteiger partial charge in [0, 0.05) is 12.6 Å². The molecule has 2 aromatic rings. The fourth-order valence-corrected chi connectivity index (χ4v) is 2.81. The highest BCUT2D eigenvalue weighted by Gasteiger charge is 2.18. The maximum atomic E-state index is 14.0. The van der Waals surface area contributed by atoms with E-state index in [9.17, 15) is 12.8 Å². The van der Waals surface area contributed by atoms with Crippen LogP contribution >= 0.6 is 0 Å². The van der Waals surface area contributed by atoms with Crippen LogP contribution in [0.1, 0.15) is 25.5 Å². The van der Waals surface area contributed by atoms with Gasteiger partial charge in [0.15, 0.2) is 5.82 Å². The van der Waals surface area contributed by atoms with E-state index in [1.165, 1.54) is 18.2 Å². The molecule has 0 aliphatic heterocycles. The Balaban J connectivity index is 2.15. The Bertz CT molecular complexity index is 744. The summed E-state index contributed by atoms with van der Waals surface area (Å²) in [5, 5.41) is 6.47. The van der Waals surface area contributed by atoms with Crippen LogP contribution in [0, 0.1) is 12.7 Å². The number of unbranched alkanes of at least 4 members (excludes halogenated alkanes) is 1. The van der Waals surface area contributed by atoms with Crippen molar-refractivity contribution < 1.29 is 17.3 Å². The molecule has 120 valence electrons. The van der Waals surface area contributed by atoms with E-state index in [2.05, 4.69) is 15.2 Å². The van der Waals surface area contributed by atoms with Gasteiger partial charge in [0.2, 0.25) is 0 Å². The summed E-state index contributed by atoms with van der Waals surface area (Å²) >= 11 is 0. The minimum atomic E-state index is -3.90. The summed E-state index contributed by atoms with van der Waals surface area (Å²) in [6, 6.07) is 5.17. The number of anilines is 2. The number of aryl methyl sites for hydroxylation is 1. The molecule has 2 N–H and O–H groups in total. The van der Waals surface area contributed by atoms with Crippen molar-refractivity contribution >= 4 is 21.5 Å². The summed E-state index contributed by atoms with van der Waals surface area (Å²) in [6.45, 7) is 4.31. The summed E-state index contributed by atoms with van der Waals surface area (Å²) in [5.74, 6) is -0.0854. The van der Waals surface area contributed by atoms with Crippen molar-refractivity contribution in [2.45, 2.75) is 31.6 Å². The number of nitrogens with one attached hydrogen (secondary N) is 2. The number of hydrogen-bond acceptors (Lipinski definition) is 5. The lowest BCUT2D eigenvalue weighted by Gasteiger charge is -2.09. The normalized spacial score (nSPS) is 11.4. The number of benzene rings is 1. The molecule has 22 heavy (non-hydrogen) atoms. The van der Waals surface area contributed by atoms with Crippen LogP contribution in [-0.2, 0) is 10.0 Å². The molecule has 0 radical (unpaired) electrons. The first kappa shape index (κ1) is 16.3. The minimum Gasteiger partial charge on any atom is -0.383 e. The first-order valence-electron chi connectivity index (χ1n) is 6.92. The topological polar surface area (TPSA) is 84.2 Å². The molecule has 8 heteroatoms. The third kappa shape index (κ3) is 3.97. The summed E-state index contributed by atoms with van der Waals surface area (Å²) in [4.78, 5) is -0.174. The molecule has 0 saturated heterocycles. The first-order chi connectivity index (χ1) is 10.4. The Labute approximate surface area is 128 Å². The second kappa shape index (κ2) is 6.78. The number of nitrogens with zero attached hydrogens (tertiary/aromatic N) is 1. The van der Waals surface area contributed by atoms with E-state index in [-0.39, 0.29) is 16.4 Å². The van der Waals surface area contributed by atoms with Gasteiger partial charge in [0.25, 0.3) is 10.0 Å². The molecule has 0 aliphatic carbocycles. The Morgan fingerprint density at radius 2 is 2.09 bits per heavy atom. The molecule has 0 atom stereocenters. The van der Waals surface area contributed by atoms with E-state index in [1.807, 2.05) is 6.92 Å². The van der Waals surface area contributed by atoms with Crippen molar-refractivity contribution in [3.63, 3.8) is 0 Å². The van der Waals surface area contributed by atoms with Crippen LogP contribution in [0.5, 0.6) is 0 Å². The Morgan fingerprint density at radius 1 is 1.32 bits per heavy atom. The second-order valence-electron chi connectivity index (χ2n) is 4.85. The van der Waals surface area contributed by atoms with Crippen molar-refractivity contribution in [2.24, 2.45) is 0 Å². The Hall–Kier alpha value is -2.09. The third-order valence-corrected chi connectivity index (χ3v) is 4.32. The zero-order chi connectivity index (χ0) is 16.2. The standard InChI is InChI=1S/C14H18FN3O3S/c1-3-4-7-16-13-6-5-11(9-12(13)15)22(19,20)18-14-8-10(2)21-17-14/h5-6,8-9,16H,3-4,7H2,1-2H3,(H,17,18). The first-order valence-corrected chi connectivity index (χ1v) is 8.40. The van der Waals surface area contributed by atoms with Gasteiger partial charge in [-0.1, -0.05) is 18.5 Å². The van der Waals surface area contributed by atoms with E-state index in [4.69, 9.17) is 4.52 Å². The van der Waals surface area contributed by atoms with Crippen LogP contribution in [0.25, 0.3) is 0 Å². The van der Waals surface area contributed by atoms with Crippen LogP contribution in [-0.4, -0.2) is 20.1 Å². The molecule has 0 spiro atoms. The highest BCUT2D eigenvalue weighted by molar-refractivity contribution is 7.92. The third-order valence-electron chi connectivity index (χ3n) is 2.96. The molecule has 1 heterocycles. The predicted molar refractivity (Wildman–Crippen MR) is 81.8 cm³/mol. The molecular formula is C14H18FN3O3S. The van der Waals surface area contributed by atoms with E-state index >= 15 is 0 Å². The van der Waals surface area contributed by atoms with Crippen LogP contribution < -0.4 is 10.0 Å². The lowest BCUT2D eigenvalue weighted by Crippen LogP contribution is -2.14. The van der Waals surface area contributed by atoms with Crippen molar-refractivity contribution in [1.82, 2.24) is 5.16 Å². The summed E-state index contributed by atoms with van der Waals surface area (Å²) in [7, 11) is -3.90. The van der Waals surface area contributed by atoms with E-state index in [1.54, 1.807) is 6.92 Å². The Kier molecular flexibility index (Phi) is 5.02. The van der Waals surface area contributed by atoms with E-state index < -0.39 is 15.8 Å². The van der Waals surface area contributed by atoms with Gasteiger partial charge in [-0.2, -0.15) is 0 Å². The molecular weight excluding hydrogens is 309 g/mol. The van der Waals surface area contributed by atoms with Crippen molar-refractivity contribution in [3.05, 3.63) is 35.8 Å². The van der Waals surface area contributed by atoms with Gasteiger partial charge >= 0.3 is 0 Å². The highest BCUT2D eigenvalue weighted by atomic mass is 32.2. The van der Waals surface area contributed by atoms with Crippen LogP contribution in [0.2, 0.25) is 0 Å². The zero-order valence-corrected chi connectivity index (χ0v) is 13.2. The molecule has 0 saturated carbocycles. The molecule has 2 rings (SSSR count). The fraction of sp³-hybridized carbons (Fsp3) is 0.357. The van der Waals surface area contributed by atoms with Crippen molar-refractivity contribution in [3.8, 4) is 0 Å². The van der Waals surface area contributed by atoms with Gasteiger partial charge in [0.05, 0.1) is 10.6 Å². The molecule has 0 bridgehead atoms. The van der Waals surface area contributed by atoms with Crippen molar-refractivity contribution in [2.75, 3.05) is 16.6 Å². The fourth-order valence-electron chi connectivity index (χ4n) is 1.82. The summed E-state index contributed by atoms with van der Waals surface area (Å²) < 4.78 is 45.3. The van der Waals surface area contributed by atoms with Gasteiger partial charge < -0.3 is 9.84 Å². The molecule has 0 amide bonds. The van der Waals surface area contributed by atoms with Gasteiger partial charge in [0.1, 0.15) is 11.6 Å². The lowest BCUT2D eigenvalue weighted by atomic mass is 10.3. The molecule has 0 aliphatic rings. The van der Waals surface area contributed by atoms with Gasteiger partial charge in [-0.3, -0.25) is 4.72 Å². The van der Waals surface area contributed by atoms with Crippen LogP contribution in [0.4, 0.5) is 15.9 Å². The van der Waals surface area contributed by atoms with Crippen LogP contribution in [0.15, 0.2) is 33.7 Å². The lowest BCUT2D eigenvalue weighted by molar-refractivity contribution is 0.400. The SMILES string of the molecule is CCCCNc1ccc(S(=O)(=O)Nc2cc(C)on2)cc1F. The summed E-state index contributed by atoms with van der Waals surface area (Å²) in [5.41, 5.74) is 0.282. The van der Waals surface area contributed by atoms with Gasteiger partial charge in [-0.15, -0.1) is 0 Å². The second-order valence-corrected chi connectivity index (χ2v) is 6.53. The molecule has 0 fully saturated rings. The quantitative estimate of drug-likeness (QED) is 0.763. The average molecular weight is 327 g/mol. The maximum absolute atomic E-state index is 14.0. The molecule has 6 nitrogen and oxygen atoms in total. The summed E-state index contributed by atoms with van der Waals surface area (Å²) in [6.07, 6.45) is 1.90. The smallest absolute Gasteiger partial charge is 0.263 e. The number of halogens is 1. The molecule has 1 aromatic heterocycles. The number of aromatic nitrogens is 1. The molecule has 1 aromatic carbocycles. The average Bonchev–Trinajstić information content (AvgIpc) is 2.85. The Morgan fingerprint density at radius 3 is 2.68 bits per heavy atom. The van der Waals surface area contributed by atoms with Crippen LogP contribution in [0.3, 0.4) is 0 Å². The van der Waals surface area contributed by atoms with Crippen molar-refractivity contribution in [1.29, 1.82) is 0 Å². The largest absolute Gasteiger partial charge is 0.383 e. The number of sulfonamides is 1. The minimum absolute atomic E-state index is 0.0584. The highest BCUT2D eigenvalue weighted by Crippen LogP contribution is 2.21. The zero-order valence-electron chi connectivity index (χ0n) is 12.4. The predicted octanol–water partition coefficient (Wildman–Crippen LogP) is 3.13.